The molecular weight excluding hydrogens is 306 g/mol. The van der Waals surface area contributed by atoms with Gasteiger partial charge in [-0.1, -0.05) is 36.4 Å². The van der Waals surface area contributed by atoms with Gasteiger partial charge in [-0.25, -0.2) is 4.79 Å². The van der Waals surface area contributed by atoms with Crippen LogP contribution in [0.1, 0.15) is 23.0 Å². The lowest BCUT2D eigenvalue weighted by atomic mass is 10.1. The molecule has 1 atom stereocenters. The SMILES string of the molecule is Cc1occc1C(=O)O[C@@H](C)C(=O)Nc1cccc2ccccc12. The first kappa shape index (κ1) is 15.8. The number of fused-ring (bicyclic) bond motifs is 1. The van der Waals surface area contributed by atoms with Crippen molar-refractivity contribution in [3.63, 3.8) is 0 Å². The quantitative estimate of drug-likeness (QED) is 0.739. The van der Waals surface area contributed by atoms with Crippen LogP contribution in [-0.2, 0) is 9.53 Å². The van der Waals surface area contributed by atoms with Gasteiger partial charge in [-0.15, -0.1) is 0 Å². The van der Waals surface area contributed by atoms with E-state index in [1.165, 1.54) is 19.3 Å². The summed E-state index contributed by atoms with van der Waals surface area (Å²) < 4.78 is 10.3. The number of carbonyl (C=O) groups is 2. The van der Waals surface area contributed by atoms with Gasteiger partial charge in [-0.05, 0) is 31.4 Å². The van der Waals surface area contributed by atoms with Crippen molar-refractivity contribution in [2.75, 3.05) is 5.32 Å². The number of esters is 1. The van der Waals surface area contributed by atoms with Crippen LogP contribution in [0.2, 0.25) is 0 Å². The second kappa shape index (κ2) is 6.58. The van der Waals surface area contributed by atoms with E-state index in [-0.39, 0.29) is 5.91 Å². The van der Waals surface area contributed by atoms with Crippen molar-refractivity contribution in [2.24, 2.45) is 0 Å². The number of ether oxygens (including phenoxy) is 1. The van der Waals surface area contributed by atoms with Crippen LogP contribution in [-0.4, -0.2) is 18.0 Å². The largest absolute Gasteiger partial charge is 0.469 e. The van der Waals surface area contributed by atoms with Crippen molar-refractivity contribution < 1.29 is 18.7 Å². The zero-order valence-corrected chi connectivity index (χ0v) is 13.4. The Labute approximate surface area is 139 Å². The molecular formula is C19H17NO4. The minimum Gasteiger partial charge on any atom is -0.469 e. The number of furan rings is 1. The fourth-order valence-corrected chi connectivity index (χ4v) is 2.44. The first-order chi connectivity index (χ1) is 11.6. The Morgan fingerprint density at radius 1 is 1.08 bits per heavy atom. The normalized spacial score (nSPS) is 11.9. The van der Waals surface area contributed by atoms with Gasteiger partial charge >= 0.3 is 5.97 Å². The van der Waals surface area contributed by atoms with Crippen LogP contribution >= 0.6 is 0 Å². The second-order valence-corrected chi connectivity index (χ2v) is 5.45. The van der Waals surface area contributed by atoms with Crippen molar-refractivity contribution in [2.45, 2.75) is 20.0 Å². The van der Waals surface area contributed by atoms with E-state index < -0.39 is 12.1 Å². The van der Waals surface area contributed by atoms with Crippen LogP contribution in [0, 0.1) is 6.92 Å². The molecule has 0 aliphatic carbocycles. The zero-order valence-electron chi connectivity index (χ0n) is 13.4. The highest BCUT2D eigenvalue weighted by atomic mass is 16.5. The average Bonchev–Trinajstić information content (AvgIpc) is 3.01. The van der Waals surface area contributed by atoms with Crippen LogP contribution in [0.5, 0.6) is 0 Å². The van der Waals surface area contributed by atoms with Crippen LogP contribution in [0.15, 0.2) is 59.2 Å². The van der Waals surface area contributed by atoms with Crippen molar-refractivity contribution in [3.8, 4) is 0 Å². The van der Waals surface area contributed by atoms with Gasteiger partial charge in [0.15, 0.2) is 6.10 Å². The molecule has 122 valence electrons. The molecule has 0 aliphatic heterocycles. The highest BCUT2D eigenvalue weighted by molar-refractivity contribution is 6.04. The van der Waals surface area contributed by atoms with Crippen molar-refractivity contribution in [1.82, 2.24) is 0 Å². The van der Waals surface area contributed by atoms with E-state index in [2.05, 4.69) is 5.32 Å². The number of rotatable bonds is 4. The van der Waals surface area contributed by atoms with Gasteiger partial charge in [-0.3, -0.25) is 4.79 Å². The lowest BCUT2D eigenvalue weighted by Gasteiger charge is -2.14. The van der Waals surface area contributed by atoms with E-state index in [0.29, 0.717) is 17.0 Å². The zero-order chi connectivity index (χ0) is 17.1. The first-order valence-electron chi connectivity index (χ1n) is 7.60. The highest BCUT2D eigenvalue weighted by Gasteiger charge is 2.21. The van der Waals surface area contributed by atoms with Gasteiger partial charge in [0.1, 0.15) is 11.3 Å². The number of carbonyl (C=O) groups excluding carboxylic acids is 2. The monoisotopic (exact) mass is 323 g/mol. The summed E-state index contributed by atoms with van der Waals surface area (Å²) in [7, 11) is 0. The van der Waals surface area contributed by atoms with Gasteiger partial charge in [-0.2, -0.15) is 0 Å². The van der Waals surface area contributed by atoms with Crippen LogP contribution in [0.4, 0.5) is 5.69 Å². The Morgan fingerprint density at radius 2 is 1.83 bits per heavy atom. The number of hydrogen-bond donors (Lipinski definition) is 1. The predicted molar refractivity (Wildman–Crippen MR) is 90.9 cm³/mol. The highest BCUT2D eigenvalue weighted by Crippen LogP contribution is 2.23. The Hall–Kier alpha value is -3.08. The third kappa shape index (κ3) is 3.15. The molecule has 1 N–H and O–H groups in total. The number of nitrogens with one attached hydrogen (secondary N) is 1. The molecule has 5 nitrogen and oxygen atoms in total. The van der Waals surface area contributed by atoms with Gasteiger partial charge in [0.2, 0.25) is 0 Å². The van der Waals surface area contributed by atoms with Gasteiger partial charge in [0, 0.05) is 11.1 Å². The summed E-state index contributed by atoms with van der Waals surface area (Å²) in [6, 6.07) is 14.9. The molecule has 0 saturated carbocycles. The summed E-state index contributed by atoms with van der Waals surface area (Å²) in [5.74, 6) is -0.510. The molecule has 0 saturated heterocycles. The Kier molecular flexibility index (Phi) is 4.33. The summed E-state index contributed by atoms with van der Waals surface area (Å²) in [6.45, 7) is 3.20. The topological polar surface area (TPSA) is 68.5 Å². The van der Waals surface area contributed by atoms with E-state index in [1.54, 1.807) is 6.92 Å². The van der Waals surface area contributed by atoms with E-state index in [9.17, 15) is 9.59 Å². The minimum atomic E-state index is -0.925. The molecule has 5 heteroatoms. The summed E-state index contributed by atoms with van der Waals surface area (Å²) in [6.07, 6.45) is 0.484. The number of hydrogen-bond acceptors (Lipinski definition) is 4. The third-order valence-corrected chi connectivity index (χ3v) is 3.78. The maximum Gasteiger partial charge on any atom is 0.342 e. The number of aryl methyl sites for hydroxylation is 1. The second-order valence-electron chi connectivity index (χ2n) is 5.45. The fourth-order valence-electron chi connectivity index (χ4n) is 2.44. The Bertz CT molecular complexity index is 892. The summed E-state index contributed by atoms with van der Waals surface area (Å²) >= 11 is 0. The van der Waals surface area contributed by atoms with Crippen LogP contribution < -0.4 is 5.32 Å². The Morgan fingerprint density at radius 3 is 2.58 bits per heavy atom. The fraction of sp³-hybridized carbons (Fsp3) is 0.158. The Balaban J connectivity index is 1.72. The molecule has 0 fully saturated rings. The number of anilines is 1. The molecule has 0 radical (unpaired) electrons. The van der Waals surface area contributed by atoms with Crippen molar-refractivity contribution in [3.05, 3.63) is 66.1 Å². The molecule has 0 aliphatic rings. The van der Waals surface area contributed by atoms with Crippen molar-refractivity contribution >= 4 is 28.3 Å². The molecule has 24 heavy (non-hydrogen) atoms. The molecule has 0 unspecified atom stereocenters. The summed E-state index contributed by atoms with van der Waals surface area (Å²) in [5.41, 5.74) is 1.00. The molecule has 1 heterocycles. The maximum atomic E-state index is 12.3. The molecule has 0 spiro atoms. The molecule has 3 rings (SSSR count). The van der Waals surface area contributed by atoms with E-state index in [0.717, 1.165) is 10.8 Å². The average molecular weight is 323 g/mol. The summed E-state index contributed by atoms with van der Waals surface area (Å²) in [5, 5.41) is 4.76. The minimum absolute atomic E-state index is 0.319. The van der Waals surface area contributed by atoms with Crippen LogP contribution in [0.3, 0.4) is 0 Å². The first-order valence-corrected chi connectivity index (χ1v) is 7.60. The van der Waals surface area contributed by atoms with E-state index in [4.69, 9.17) is 9.15 Å². The number of benzene rings is 2. The van der Waals surface area contributed by atoms with E-state index in [1.807, 2.05) is 42.5 Å². The molecule has 2 aromatic carbocycles. The van der Waals surface area contributed by atoms with Crippen molar-refractivity contribution in [1.29, 1.82) is 0 Å². The lowest BCUT2D eigenvalue weighted by molar-refractivity contribution is -0.123. The van der Waals surface area contributed by atoms with E-state index >= 15 is 0 Å². The predicted octanol–water partition coefficient (Wildman–Crippen LogP) is 3.93. The lowest BCUT2D eigenvalue weighted by Crippen LogP contribution is -2.30. The molecule has 3 aromatic rings. The molecule has 0 bridgehead atoms. The standard InChI is InChI=1S/C19H17NO4/c1-12-15(10-11-23-12)19(22)24-13(2)18(21)20-17-9-5-7-14-6-3-4-8-16(14)17/h3-11,13H,1-2H3,(H,20,21)/t13-/m0/s1. The third-order valence-electron chi connectivity index (χ3n) is 3.78. The summed E-state index contributed by atoms with van der Waals surface area (Å²) in [4.78, 5) is 24.4. The molecule has 1 amide bonds. The van der Waals surface area contributed by atoms with Crippen LogP contribution in [0.25, 0.3) is 10.8 Å². The van der Waals surface area contributed by atoms with Gasteiger partial charge < -0.3 is 14.5 Å². The number of amides is 1. The van der Waals surface area contributed by atoms with Gasteiger partial charge in [0.05, 0.1) is 6.26 Å². The smallest absolute Gasteiger partial charge is 0.342 e. The maximum absolute atomic E-state index is 12.3. The molecule has 1 aromatic heterocycles. The van der Waals surface area contributed by atoms with Gasteiger partial charge in [0.25, 0.3) is 5.91 Å².